The number of para-hydroxylation sites is 1. The summed E-state index contributed by atoms with van der Waals surface area (Å²) in [6.07, 6.45) is 0. The highest BCUT2D eigenvalue weighted by Gasteiger charge is 2.11. The second kappa shape index (κ2) is 8.60. The van der Waals surface area contributed by atoms with Gasteiger partial charge in [0.1, 0.15) is 12.4 Å². The second-order valence-electron chi connectivity index (χ2n) is 5.88. The zero-order valence-electron chi connectivity index (χ0n) is 14.2. The van der Waals surface area contributed by atoms with Gasteiger partial charge in [0.15, 0.2) is 0 Å². The van der Waals surface area contributed by atoms with E-state index in [9.17, 15) is 4.79 Å². The molecule has 0 aliphatic heterocycles. The van der Waals surface area contributed by atoms with Gasteiger partial charge < -0.3 is 15.4 Å². The fourth-order valence-electron chi connectivity index (χ4n) is 2.36. The first-order chi connectivity index (χ1) is 11.5. The van der Waals surface area contributed by atoms with Gasteiger partial charge in [-0.15, -0.1) is 0 Å². The molecule has 0 spiro atoms. The standard InChI is InChI=1S/C19H23ClN2O2/c1-13(2)17-6-4-5-14(3)18(17)22-19(23)21-11-12-24-16-9-7-15(20)8-10-16/h4-10,13H,11-12H2,1-3H3,(H2,21,22,23). The number of halogens is 1. The zero-order valence-corrected chi connectivity index (χ0v) is 15.0. The molecule has 0 aliphatic carbocycles. The number of urea groups is 1. The number of nitrogens with one attached hydrogen (secondary N) is 2. The molecule has 0 atom stereocenters. The summed E-state index contributed by atoms with van der Waals surface area (Å²) in [5.74, 6) is 1.07. The SMILES string of the molecule is Cc1cccc(C(C)C)c1NC(=O)NCCOc1ccc(Cl)cc1. The summed E-state index contributed by atoms with van der Waals surface area (Å²) >= 11 is 5.82. The van der Waals surface area contributed by atoms with E-state index in [4.69, 9.17) is 16.3 Å². The van der Waals surface area contributed by atoms with Gasteiger partial charge in [-0.3, -0.25) is 0 Å². The molecule has 0 radical (unpaired) electrons. The van der Waals surface area contributed by atoms with Crippen LogP contribution in [0.3, 0.4) is 0 Å². The van der Waals surface area contributed by atoms with E-state index >= 15 is 0 Å². The maximum atomic E-state index is 12.1. The summed E-state index contributed by atoms with van der Waals surface area (Å²) in [4.78, 5) is 12.1. The second-order valence-corrected chi connectivity index (χ2v) is 6.31. The van der Waals surface area contributed by atoms with Crippen molar-refractivity contribution in [2.75, 3.05) is 18.5 Å². The highest BCUT2D eigenvalue weighted by Crippen LogP contribution is 2.27. The van der Waals surface area contributed by atoms with Gasteiger partial charge in [0.05, 0.1) is 6.54 Å². The Morgan fingerprint density at radius 2 is 1.88 bits per heavy atom. The number of carbonyl (C=O) groups is 1. The molecule has 0 fully saturated rings. The van der Waals surface area contributed by atoms with Gasteiger partial charge in [-0.05, 0) is 48.2 Å². The number of benzene rings is 2. The number of hydrogen-bond acceptors (Lipinski definition) is 2. The van der Waals surface area contributed by atoms with E-state index in [0.29, 0.717) is 24.1 Å². The van der Waals surface area contributed by atoms with Crippen LogP contribution in [0.15, 0.2) is 42.5 Å². The Hall–Kier alpha value is -2.20. The summed E-state index contributed by atoms with van der Waals surface area (Å²) in [5, 5.41) is 6.41. The Labute approximate surface area is 148 Å². The molecule has 128 valence electrons. The molecule has 2 rings (SSSR count). The van der Waals surface area contributed by atoms with Crippen molar-refractivity contribution in [3.63, 3.8) is 0 Å². The van der Waals surface area contributed by atoms with Crippen LogP contribution in [0.4, 0.5) is 10.5 Å². The molecule has 2 amide bonds. The minimum atomic E-state index is -0.231. The molecule has 2 N–H and O–H groups in total. The predicted octanol–water partition coefficient (Wildman–Crippen LogP) is 4.97. The van der Waals surface area contributed by atoms with E-state index in [1.54, 1.807) is 24.3 Å². The van der Waals surface area contributed by atoms with E-state index in [-0.39, 0.29) is 6.03 Å². The first-order valence-corrected chi connectivity index (χ1v) is 8.38. The maximum absolute atomic E-state index is 12.1. The van der Waals surface area contributed by atoms with E-state index in [2.05, 4.69) is 24.5 Å². The Morgan fingerprint density at radius 1 is 1.17 bits per heavy atom. The van der Waals surface area contributed by atoms with Crippen LogP contribution in [-0.2, 0) is 0 Å². The summed E-state index contributed by atoms with van der Waals surface area (Å²) in [6, 6.07) is 12.9. The lowest BCUT2D eigenvalue weighted by atomic mass is 9.98. The van der Waals surface area contributed by atoms with Crippen LogP contribution in [0, 0.1) is 6.92 Å². The zero-order chi connectivity index (χ0) is 17.5. The molecule has 0 saturated heterocycles. The number of amides is 2. The van der Waals surface area contributed by atoms with Gasteiger partial charge in [0.2, 0.25) is 0 Å². The molecule has 5 heteroatoms. The van der Waals surface area contributed by atoms with E-state index in [1.165, 1.54) is 0 Å². The van der Waals surface area contributed by atoms with Crippen LogP contribution in [0.5, 0.6) is 5.75 Å². The largest absolute Gasteiger partial charge is 0.492 e. The quantitative estimate of drug-likeness (QED) is 0.725. The van der Waals surface area contributed by atoms with Gasteiger partial charge in [-0.25, -0.2) is 4.79 Å². The number of anilines is 1. The van der Waals surface area contributed by atoms with Crippen LogP contribution in [0.25, 0.3) is 0 Å². The van der Waals surface area contributed by atoms with Gasteiger partial charge in [0, 0.05) is 10.7 Å². The molecule has 0 unspecified atom stereocenters. The molecule has 0 saturated carbocycles. The van der Waals surface area contributed by atoms with Crippen molar-refractivity contribution in [3.05, 3.63) is 58.6 Å². The first kappa shape index (κ1) is 18.1. The Kier molecular flexibility index (Phi) is 6.50. The molecule has 4 nitrogen and oxygen atoms in total. The normalized spacial score (nSPS) is 10.5. The summed E-state index contributed by atoms with van der Waals surface area (Å²) < 4.78 is 5.55. The lowest BCUT2D eigenvalue weighted by Crippen LogP contribution is -2.32. The van der Waals surface area contributed by atoms with Crippen molar-refractivity contribution in [1.29, 1.82) is 0 Å². The number of hydrogen-bond donors (Lipinski definition) is 2. The molecule has 0 bridgehead atoms. The van der Waals surface area contributed by atoms with Crippen molar-refractivity contribution >= 4 is 23.3 Å². The molecule has 2 aromatic carbocycles. The monoisotopic (exact) mass is 346 g/mol. The third-order valence-electron chi connectivity index (χ3n) is 3.64. The molecule has 24 heavy (non-hydrogen) atoms. The highest BCUT2D eigenvalue weighted by molar-refractivity contribution is 6.30. The van der Waals surface area contributed by atoms with Crippen molar-refractivity contribution in [1.82, 2.24) is 5.32 Å². The number of aryl methyl sites for hydroxylation is 1. The van der Waals surface area contributed by atoms with E-state index in [0.717, 1.165) is 22.6 Å². The van der Waals surface area contributed by atoms with Crippen LogP contribution < -0.4 is 15.4 Å². The van der Waals surface area contributed by atoms with E-state index in [1.807, 2.05) is 25.1 Å². The van der Waals surface area contributed by atoms with Crippen LogP contribution in [0.2, 0.25) is 5.02 Å². The van der Waals surface area contributed by atoms with Gasteiger partial charge >= 0.3 is 6.03 Å². The van der Waals surface area contributed by atoms with Crippen LogP contribution >= 0.6 is 11.6 Å². The number of ether oxygens (including phenoxy) is 1. The maximum Gasteiger partial charge on any atom is 0.319 e. The molecule has 0 heterocycles. The van der Waals surface area contributed by atoms with Gasteiger partial charge in [0.25, 0.3) is 0 Å². The third-order valence-corrected chi connectivity index (χ3v) is 3.89. The smallest absolute Gasteiger partial charge is 0.319 e. The molecule has 0 aliphatic rings. The van der Waals surface area contributed by atoms with Crippen LogP contribution in [-0.4, -0.2) is 19.2 Å². The molecule has 2 aromatic rings. The lowest BCUT2D eigenvalue weighted by molar-refractivity contribution is 0.247. The predicted molar refractivity (Wildman–Crippen MR) is 99.2 cm³/mol. The molecular formula is C19H23ClN2O2. The van der Waals surface area contributed by atoms with Crippen LogP contribution in [0.1, 0.15) is 30.9 Å². The van der Waals surface area contributed by atoms with Crippen molar-refractivity contribution < 1.29 is 9.53 Å². The van der Waals surface area contributed by atoms with Gasteiger partial charge in [-0.2, -0.15) is 0 Å². The minimum absolute atomic E-state index is 0.231. The van der Waals surface area contributed by atoms with E-state index < -0.39 is 0 Å². The van der Waals surface area contributed by atoms with Crippen molar-refractivity contribution in [2.45, 2.75) is 26.7 Å². The van der Waals surface area contributed by atoms with Crippen molar-refractivity contribution in [2.24, 2.45) is 0 Å². The Morgan fingerprint density at radius 3 is 2.54 bits per heavy atom. The first-order valence-electron chi connectivity index (χ1n) is 8.00. The number of rotatable bonds is 6. The molecular weight excluding hydrogens is 324 g/mol. The summed E-state index contributed by atoms with van der Waals surface area (Å²) in [7, 11) is 0. The molecule has 0 aromatic heterocycles. The average Bonchev–Trinajstić information content (AvgIpc) is 2.55. The number of carbonyl (C=O) groups excluding carboxylic acids is 1. The highest BCUT2D eigenvalue weighted by atomic mass is 35.5. The lowest BCUT2D eigenvalue weighted by Gasteiger charge is -2.17. The van der Waals surface area contributed by atoms with Gasteiger partial charge in [-0.1, -0.05) is 43.6 Å². The fourth-order valence-corrected chi connectivity index (χ4v) is 2.49. The summed E-state index contributed by atoms with van der Waals surface area (Å²) in [6.45, 7) is 7.01. The minimum Gasteiger partial charge on any atom is -0.492 e. The van der Waals surface area contributed by atoms with Crippen molar-refractivity contribution in [3.8, 4) is 5.75 Å². The topological polar surface area (TPSA) is 50.4 Å². The Balaban J connectivity index is 1.82. The fraction of sp³-hybridized carbons (Fsp3) is 0.316. The Bertz CT molecular complexity index is 684. The summed E-state index contributed by atoms with van der Waals surface area (Å²) in [5.41, 5.74) is 3.06. The third kappa shape index (κ3) is 5.17. The average molecular weight is 347 g/mol.